The fraction of sp³-hybridized carbons (Fsp3) is 0.171. The number of hydrogen-bond donors (Lipinski definition) is 1. The molecular weight excluding hydrogens is 528 g/mol. The van der Waals surface area contributed by atoms with Crippen LogP contribution in [0.2, 0.25) is 0 Å². The number of Topliss-reactive ketones (excluding diaryl/α,β-unsaturated/α-hetero) is 2. The Hall–Kier alpha value is -5.17. The van der Waals surface area contributed by atoms with E-state index < -0.39 is 23.4 Å². The van der Waals surface area contributed by atoms with Gasteiger partial charge in [-0.25, -0.2) is 0 Å². The number of ketones is 2. The summed E-state index contributed by atoms with van der Waals surface area (Å²) in [5.41, 5.74) is 2.55. The highest BCUT2D eigenvalue weighted by Gasteiger charge is 2.70. The molecule has 42 heavy (non-hydrogen) atoms. The van der Waals surface area contributed by atoms with Crippen LogP contribution in [0.5, 0.6) is 11.5 Å². The second-order valence-corrected chi connectivity index (χ2v) is 10.7. The Kier molecular flexibility index (Phi) is 5.97. The molecule has 0 aromatic heterocycles. The zero-order valence-corrected chi connectivity index (χ0v) is 23.1. The minimum atomic E-state index is -1.38. The Morgan fingerprint density at radius 2 is 1.57 bits per heavy atom. The van der Waals surface area contributed by atoms with Crippen LogP contribution in [0.25, 0.3) is 6.08 Å². The van der Waals surface area contributed by atoms with Crippen molar-refractivity contribution in [1.82, 2.24) is 4.90 Å². The van der Waals surface area contributed by atoms with E-state index in [0.717, 1.165) is 11.1 Å². The number of hydrogen-bond acceptors (Lipinski definition) is 6. The Morgan fingerprint density at radius 1 is 0.833 bits per heavy atom. The maximum Gasteiger partial charge on any atom is 0.238 e. The van der Waals surface area contributed by atoms with Crippen molar-refractivity contribution in [3.63, 3.8) is 0 Å². The molecule has 7 rings (SSSR count). The minimum Gasteiger partial charge on any atom is -0.497 e. The van der Waals surface area contributed by atoms with Crippen molar-refractivity contribution in [2.75, 3.05) is 19.5 Å². The summed E-state index contributed by atoms with van der Waals surface area (Å²) in [5, 5.41) is 3.07. The third kappa shape index (κ3) is 3.49. The third-order valence-corrected chi connectivity index (χ3v) is 8.85. The number of carbonyl (C=O) groups excluding carboxylic acids is 3. The lowest BCUT2D eigenvalue weighted by atomic mass is 9.62. The van der Waals surface area contributed by atoms with E-state index in [4.69, 9.17) is 9.47 Å². The summed E-state index contributed by atoms with van der Waals surface area (Å²) in [6, 6.07) is 27.6. The van der Waals surface area contributed by atoms with Crippen LogP contribution in [0.1, 0.15) is 43.4 Å². The van der Waals surface area contributed by atoms with Crippen molar-refractivity contribution in [3.8, 4) is 11.5 Å². The number of rotatable bonds is 6. The highest BCUT2D eigenvalue weighted by atomic mass is 16.5. The van der Waals surface area contributed by atoms with Gasteiger partial charge in [-0.2, -0.15) is 0 Å². The Bertz CT molecular complexity index is 1780. The van der Waals surface area contributed by atoms with Crippen LogP contribution in [0, 0.1) is 5.92 Å². The van der Waals surface area contributed by atoms with E-state index in [9.17, 15) is 14.4 Å². The van der Waals surface area contributed by atoms with Gasteiger partial charge in [0.2, 0.25) is 5.91 Å². The lowest BCUT2D eigenvalue weighted by Crippen LogP contribution is -2.49. The van der Waals surface area contributed by atoms with E-state index in [2.05, 4.69) is 5.32 Å². The van der Waals surface area contributed by atoms with Crippen LogP contribution in [-0.2, 0) is 10.2 Å². The van der Waals surface area contributed by atoms with Crippen molar-refractivity contribution < 1.29 is 23.9 Å². The van der Waals surface area contributed by atoms with E-state index in [1.807, 2.05) is 71.8 Å². The lowest BCUT2D eigenvalue weighted by molar-refractivity contribution is -0.122. The highest BCUT2D eigenvalue weighted by Crippen LogP contribution is 2.62. The zero-order chi connectivity index (χ0) is 29.0. The molecule has 7 heteroatoms. The molecule has 3 aliphatic rings. The first kappa shape index (κ1) is 25.8. The molecule has 4 atom stereocenters. The van der Waals surface area contributed by atoms with Crippen LogP contribution in [0.15, 0.2) is 103 Å². The Morgan fingerprint density at radius 3 is 2.36 bits per heavy atom. The maximum atomic E-state index is 14.8. The summed E-state index contributed by atoms with van der Waals surface area (Å²) in [5.74, 6) is -1.06. The molecular formula is C35H28N2O5. The summed E-state index contributed by atoms with van der Waals surface area (Å²) in [6.07, 6.45) is 3.80. The molecule has 0 unspecified atom stereocenters. The van der Waals surface area contributed by atoms with Crippen molar-refractivity contribution >= 4 is 29.2 Å². The summed E-state index contributed by atoms with van der Waals surface area (Å²) in [7, 11) is 3.04. The van der Waals surface area contributed by atoms with Gasteiger partial charge in [0.1, 0.15) is 23.0 Å². The molecule has 0 saturated carbocycles. The van der Waals surface area contributed by atoms with Crippen molar-refractivity contribution in [3.05, 3.63) is 131 Å². The van der Waals surface area contributed by atoms with E-state index in [1.54, 1.807) is 49.6 Å². The monoisotopic (exact) mass is 556 g/mol. The largest absolute Gasteiger partial charge is 0.497 e. The summed E-state index contributed by atoms with van der Waals surface area (Å²) in [6.45, 7) is 0. The number of amides is 1. The van der Waals surface area contributed by atoms with Gasteiger partial charge in [-0.1, -0.05) is 72.8 Å². The highest BCUT2D eigenvalue weighted by molar-refractivity contribution is 6.17. The fourth-order valence-corrected chi connectivity index (χ4v) is 7.11. The molecule has 4 aromatic rings. The van der Waals surface area contributed by atoms with Gasteiger partial charge in [-0.15, -0.1) is 0 Å². The molecule has 3 aliphatic heterocycles. The second-order valence-electron chi connectivity index (χ2n) is 10.7. The topological polar surface area (TPSA) is 84.9 Å². The third-order valence-electron chi connectivity index (χ3n) is 8.85. The lowest BCUT2D eigenvalue weighted by Gasteiger charge is -2.38. The van der Waals surface area contributed by atoms with E-state index >= 15 is 0 Å². The molecule has 0 aliphatic carbocycles. The Labute approximate surface area is 243 Å². The molecule has 4 aromatic carbocycles. The van der Waals surface area contributed by atoms with Gasteiger partial charge in [0.15, 0.2) is 11.6 Å². The number of anilines is 1. The first-order valence-corrected chi connectivity index (χ1v) is 13.8. The zero-order valence-electron chi connectivity index (χ0n) is 23.1. The molecule has 0 radical (unpaired) electrons. The average molecular weight is 557 g/mol. The number of carbonyl (C=O) groups is 3. The molecule has 0 bridgehead atoms. The minimum absolute atomic E-state index is 0.270. The normalized spacial score (nSPS) is 23.1. The maximum absolute atomic E-state index is 14.8. The fourth-order valence-electron chi connectivity index (χ4n) is 7.11. The first-order valence-electron chi connectivity index (χ1n) is 13.8. The number of methoxy groups -OCH3 is 2. The molecule has 1 N–H and O–H groups in total. The summed E-state index contributed by atoms with van der Waals surface area (Å²) in [4.78, 5) is 46.0. The molecule has 7 nitrogen and oxygen atoms in total. The van der Waals surface area contributed by atoms with E-state index in [0.29, 0.717) is 33.9 Å². The number of benzene rings is 4. The second kappa shape index (κ2) is 9.73. The van der Waals surface area contributed by atoms with Crippen molar-refractivity contribution in [2.24, 2.45) is 5.92 Å². The quantitative estimate of drug-likeness (QED) is 0.308. The predicted octanol–water partition coefficient (Wildman–Crippen LogP) is 5.69. The van der Waals surface area contributed by atoms with Crippen LogP contribution in [0.3, 0.4) is 0 Å². The van der Waals surface area contributed by atoms with Gasteiger partial charge in [0, 0.05) is 23.5 Å². The smallest absolute Gasteiger partial charge is 0.238 e. The van der Waals surface area contributed by atoms with E-state index in [-0.39, 0.29) is 17.5 Å². The number of para-hydroxylation sites is 1. The molecule has 208 valence electrons. The van der Waals surface area contributed by atoms with Crippen molar-refractivity contribution in [1.29, 1.82) is 0 Å². The van der Waals surface area contributed by atoms with Gasteiger partial charge in [-0.3, -0.25) is 14.4 Å². The van der Waals surface area contributed by atoms with Crippen molar-refractivity contribution in [2.45, 2.75) is 17.5 Å². The Balaban J connectivity index is 1.53. The molecule has 3 heterocycles. The average Bonchev–Trinajstić information content (AvgIpc) is 3.52. The van der Waals surface area contributed by atoms with Gasteiger partial charge in [0.05, 0.1) is 31.7 Å². The molecule has 1 spiro atoms. The van der Waals surface area contributed by atoms with Gasteiger partial charge in [0.25, 0.3) is 0 Å². The number of nitrogens with one attached hydrogen (secondary N) is 1. The molecule has 1 saturated heterocycles. The predicted molar refractivity (Wildman–Crippen MR) is 159 cm³/mol. The van der Waals surface area contributed by atoms with E-state index in [1.165, 1.54) is 7.11 Å². The number of ether oxygens (including phenoxy) is 2. The van der Waals surface area contributed by atoms with Crippen LogP contribution in [0.4, 0.5) is 5.69 Å². The van der Waals surface area contributed by atoms with Gasteiger partial charge < -0.3 is 19.7 Å². The van der Waals surface area contributed by atoms with Crippen LogP contribution >= 0.6 is 0 Å². The van der Waals surface area contributed by atoms with Gasteiger partial charge in [-0.05, 0) is 41.0 Å². The summed E-state index contributed by atoms with van der Waals surface area (Å²) >= 11 is 0. The first-order chi connectivity index (χ1) is 20.5. The van der Waals surface area contributed by atoms with Gasteiger partial charge >= 0.3 is 0 Å². The van der Waals surface area contributed by atoms with Crippen LogP contribution < -0.4 is 14.8 Å². The standard InChI is InChI=1S/C35H28N2O5/c1-41-23-16-17-25(28(20-23)42-2)32(39)30-29(31(38)22-11-4-3-5-12-22)35(26-14-8-9-15-27(26)36-34(35)40)33-24-13-7-6-10-21(24)18-19-37(30)33/h3-20,29-30,33H,1-2H3,(H,36,40)/t29-,30+,33-,35-/m1/s1. The number of fused-ring (bicyclic) bond motifs is 6. The molecule has 1 fully saturated rings. The molecule has 1 amide bonds. The SMILES string of the molecule is COc1ccc(C(=O)[C@@H]2[C@H](C(=O)c3ccccc3)[C@@]3(C(=O)Nc4ccccc43)[C@H]3c4ccccc4C=CN23)c(OC)c1. The van der Waals surface area contributed by atoms with Crippen LogP contribution in [-0.4, -0.2) is 42.6 Å². The number of nitrogens with zero attached hydrogens (tertiary/aromatic N) is 1. The summed E-state index contributed by atoms with van der Waals surface area (Å²) < 4.78 is 11.0.